The minimum atomic E-state index is -0.472. The third-order valence-electron chi connectivity index (χ3n) is 3.74. The van der Waals surface area contributed by atoms with Crippen molar-refractivity contribution in [2.24, 2.45) is 0 Å². The van der Waals surface area contributed by atoms with Crippen molar-refractivity contribution >= 4 is 5.91 Å². The second-order valence-corrected chi connectivity index (χ2v) is 5.58. The molecule has 0 fully saturated rings. The molecule has 0 aliphatic carbocycles. The number of nitrogens with one attached hydrogen (secondary N) is 1. The smallest absolute Gasteiger partial charge is 0.249 e. The van der Waals surface area contributed by atoms with Gasteiger partial charge in [0.2, 0.25) is 5.91 Å². The second kappa shape index (κ2) is 8.84. The summed E-state index contributed by atoms with van der Waals surface area (Å²) < 4.78 is 12.4. The number of ether oxygens (including phenoxy) is 1. The fourth-order valence-corrected chi connectivity index (χ4v) is 2.54. The number of nitrogens with zero attached hydrogens (tertiary/aromatic N) is 2. The minimum absolute atomic E-state index is 0.0825. The molecule has 1 atom stereocenters. The van der Waals surface area contributed by atoms with E-state index in [1.54, 1.807) is 23.3 Å². The van der Waals surface area contributed by atoms with Gasteiger partial charge in [0.25, 0.3) is 0 Å². The Balaban J connectivity index is 1.48. The van der Waals surface area contributed by atoms with Crippen molar-refractivity contribution in [2.75, 3.05) is 13.2 Å². The molecule has 0 spiro atoms. The summed E-state index contributed by atoms with van der Waals surface area (Å²) in [4.78, 5) is 12.6. The lowest BCUT2D eigenvalue weighted by Gasteiger charge is -2.17. The number of hydrogen-bond donors (Lipinski definition) is 1. The van der Waals surface area contributed by atoms with Crippen molar-refractivity contribution in [3.63, 3.8) is 0 Å². The van der Waals surface area contributed by atoms with Gasteiger partial charge in [-0.15, -0.1) is 0 Å². The van der Waals surface area contributed by atoms with Crippen molar-refractivity contribution < 1.29 is 13.9 Å². The molecule has 1 amide bonds. The van der Waals surface area contributed by atoms with E-state index in [2.05, 4.69) is 10.4 Å². The van der Waals surface area contributed by atoms with Gasteiger partial charge in [0.1, 0.15) is 12.4 Å². The van der Waals surface area contributed by atoms with Crippen LogP contribution in [-0.4, -0.2) is 28.8 Å². The quantitative estimate of drug-likeness (QED) is 0.609. The number of benzene rings is 1. The largest absolute Gasteiger partial charge is 0.467 e. The van der Waals surface area contributed by atoms with E-state index in [-0.39, 0.29) is 5.91 Å². The first-order valence-electron chi connectivity index (χ1n) is 8.26. The van der Waals surface area contributed by atoms with Crippen LogP contribution < -0.4 is 5.32 Å². The van der Waals surface area contributed by atoms with E-state index in [9.17, 15) is 4.79 Å². The van der Waals surface area contributed by atoms with Gasteiger partial charge in [-0.05, 0) is 30.2 Å². The fraction of sp³-hybridized carbons (Fsp3) is 0.263. The Morgan fingerprint density at radius 3 is 2.80 bits per heavy atom. The number of carbonyl (C=O) groups is 1. The van der Waals surface area contributed by atoms with Gasteiger partial charge in [-0.25, -0.2) is 0 Å². The normalized spacial score (nSPS) is 12.0. The highest BCUT2D eigenvalue weighted by Crippen LogP contribution is 2.17. The summed E-state index contributed by atoms with van der Waals surface area (Å²) in [5, 5.41) is 7.18. The topological polar surface area (TPSA) is 69.3 Å². The first-order chi connectivity index (χ1) is 12.3. The number of amides is 1. The minimum Gasteiger partial charge on any atom is -0.467 e. The Morgan fingerprint density at radius 1 is 1.20 bits per heavy atom. The van der Waals surface area contributed by atoms with Crippen molar-refractivity contribution in [3.05, 3.63) is 78.5 Å². The van der Waals surface area contributed by atoms with Crippen LogP contribution in [0, 0.1) is 0 Å². The van der Waals surface area contributed by atoms with Gasteiger partial charge in [-0.3, -0.25) is 9.48 Å². The molecular formula is C19H21N3O3. The monoisotopic (exact) mass is 339 g/mol. The average molecular weight is 339 g/mol. The van der Waals surface area contributed by atoms with E-state index < -0.39 is 6.04 Å². The van der Waals surface area contributed by atoms with E-state index in [1.807, 2.05) is 48.5 Å². The summed E-state index contributed by atoms with van der Waals surface area (Å²) in [5.41, 5.74) is 0.901. The first kappa shape index (κ1) is 17.0. The number of furan rings is 1. The average Bonchev–Trinajstić information content (AvgIpc) is 3.33. The summed E-state index contributed by atoms with van der Waals surface area (Å²) >= 11 is 0. The molecule has 0 bridgehead atoms. The zero-order valence-corrected chi connectivity index (χ0v) is 13.9. The van der Waals surface area contributed by atoms with Crippen LogP contribution in [0.5, 0.6) is 0 Å². The van der Waals surface area contributed by atoms with Crippen molar-refractivity contribution in [1.29, 1.82) is 0 Å². The Labute approximate surface area is 146 Å². The molecule has 130 valence electrons. The number of rotatable bonds is 9. The highest BCUT2D eigenvalue weighted by Gasteiger charge is 2.22. The molecule has 0 aliphatic heterocycles. The van der Waals surface area contributed by atoms with Crippen LogP contribution >= 0.6 is 0 Å². The second-order valence-electron chi connectivity index (χ2n) is 5.58. The maximum atomic E-state index is 12.6. The summed E-state index contributed by atoms with van der Waals surface area (Å²) in [6, 6.07) is 14.7. The zero-order chi connectivity index (χ0) is 17.3. The van der Waals surface area contributed by atoms with Gasteiger partial charge in [-0.2, -0.15) is 5.10 Å². The molecule has 0 aliphatic rings. The lowest BCUT2D eigenvalue weighted by Crippen LogP contribution is -2.34. The molecular weight excluding hydrogens is 318 g/mol. The molecule has 3 aromatic rings. The maximum absolute atomic E-state index is 12.6. The Morgan fingerprint density at radius 2 is 2.08 bits per heavy atom. The van der Waals surface area contributed by atoms with E-state index >= 15 is 0 Å². The molecule has 2 aromatic heterocycles. The van der Waals surface area contributed by atoms with Gasteiger partial charge in [0, 0.05) is 25.5 Å². The highest BCUT2D eigenvalue weighted by atomic mass is 16.5. The zero-order valence-electron chi connectivity index (χ0n) is 13.9. The Hall–Kier alpha value is -2.86. The number of aromatic nitrogens is 2. The molecule has 0 saturated heterocycles. The Kier molecular flexibility index (Phi) is 6.01. The van der Waals surface area contributed by atoms with Gasteiger partial charge >= 0.3 is 0 Å². The van der Waals surface area contributed by atoms with Crippen molar-refractivity contribution in [2.45, 2.75) is 19.1 Å². The van der Waals surface area contributed by atoms with Crippen LogP contribution in [0.25, 0.3) is 0 Å². The van der Waals surface area contributed by atoms with Crippen LogP contribution in [-0.2, 0) is 16.1 Å². The van der Waals surface area contributed by atoms with Gasteiger partial charge < -0.3 is 14.5 Å². The molecule has 2 heterocycles. The molecule has 0 radical (unpaired) electrons. The van der Waals surface area contributed by atoms with Gasteiger partial charge in [0.05, 0.1) is 6.26 Å². The van der Waals surface area contributed by atoms with Gasteiger partial charge in [-0.1, -0.05) is 30.3 Å². The Bertz CT molecular complexity index is 740. The summed E-state index contributed by atoms with van der Waals surface area (Å²) in [7, 11) is 0. The molecule has 25 heavy (non-hydrogen) atoms. The first-order valence-corrected chi connectivity index (χ1v) is 8.26. The summed E-state index contributed by atoms with van der Waals surface area (Å²) in [5.74, 6) is 0.716. The molecule has 1 N–H and O–H groups in total. The molecule has 3 rings (SSSR count). The number of hydrogen-bond acceptors (Lipinski definition) is 4. The SMILES string of the molecule is O=C(NCCCOCc1ccco1)C(c1ccccc1)n1cccn1. The number of carbonyl (C=O) groups excluding carboxylic acids is 1. The van der Waals surface area contributed by atoms with E-state index in [4.69, 9.17) is 9.15 Å². The third-order valence-corrected chi connectivity index (χ3v) is 3.74. The van der Waals surface area contributed by atoms with E-state index in [0.29, 0.717) is 19.8 Å². The predicted molar refractivity (Wildman–Crippen MR) is 92.8 cm³/mol. The lowest BCUT2D eigenvalue weighted by atomic mass is 10.1. The van der Waals surface area contributed by atoms with Crippen LogP contribution in [0.3, 0.4) is 0 Å². The van der Waals surface area contributed by atoms with Gasteiger partial charge in [0.15, 0.2) is 6.04 Å². The lowest BCUT2D eigenvalue weighted by molar-refractivity contribution is -0.123. The molecule has 6 nitrogen and oxygen atoms in total. The van der Waals surface area contributed by atoms with Crippen LogP contribution in [0.15, 0.2) is 71.6 Å². The fourth-order valence-electron chi connectivity index (χ4n) is 2.54. The standard InChI is InChI=1S/C19H21N3O3/c23-19(20-10-6-13-24-15-17-9-4-14-25-17)18(22-12-5-11-21-22)16-7-2-1-3-8-16/h1-5,7-9,11-12,14,18H,6,10,13,15H2,(H,20,23). The molecule has 6 heteroatoms. The van der Waals surface area contributed by atoms with Crippen LogP contribution in [0.2, 0.25) is 0 Å². The molecule has 0 saturated carbocycles. The maximum Gasteiger partial charge on any atom is 0.249 e. The predicted octanol–water partition coefficient (Wildman–Crippen LogP) is 2.79. The van der Waals surface area contributed by atoms with Crippen LogP contribution in [0.4, 0.5) is 0 Å². The third kappa shape index (κ3) is 4.81. The molecule has 1 aromatic carbocycles. The highest BCUT2D eigenvalue weighted by molar-refractivity contribution is 5.83. The van der Waals surface area contributed by atoms with Crippen molar-refractivity contribution in [3.8, 4) is 0 Å². The molecule has 1 unspecified atom stereocenters. The van der Waals surface area contributed by atoms with E-state index in [0.717, 1.165) is 17.7 Å². The van der Waals surface area contributed by atoms with Crippen LogP contribution in [0.1, 0.15) is 23.8 Å². The summed E-state index contributed by atoms with van der Waals surface area (Å²) in [6.07, 6.45) is 5.82. The van der Waals surface area contributed by atoms with E-state index in [1.165, 1.54) is 0 Å². The van der Waals surface area contributed by atoms with Crippen molar-refractivity contribution in [1.82, 2.24) is 15.1 Å². The summed E-state index contributed by atoms with van der Waals surface area (Å²) in [6.45, 7) is 1.54.